The number of halogens is 15. The van der Waals surface area contributed by atoms with E-state index < -0.39 is 71.9 Å². The van der Waals surface area contributed by atoms with Gasteiger partial charge in [-0.25, -0.2) is 9.59 Å². The van der Waals surface area contributed by atoms with Gasteiger partial charge in [0.05, 0.1) is 5.56 Å². The van der Waals surface area contributed by atoms with E-state index in [2.05, 4.69) is 4.74 Å². The lowest BCUT2D eigenvalue weighted by atomic mass is 9.91. The van der Waals surface area contributed by atoms with Crippen LogP contribution < -0.4 is 0 Å². The molecule has 0 N–H and O–H groups in total. The first kappa shape index (κ1) is 34.5. The Bertz CT molecular complexity index is 1250. The third-order valence-corrected chi connectivity index (χ3v) is 5.34. The smallest absolute Gasteiger partial charge is 0.456 e. The van der Waals surface area contributed by atoms with Crippen LogP contribution in [0, 0.1) is 0 Å². The number of ether oxygens (including phenoxy) is 2. The van der Waals surface area contributed by atoms with Crippen LogP contribution in [-0.2, 0) is 14.3 Å². The van der Waals surface area contributed by atoms with Crippen molar-refractivity contribution < 1.29 is 84.9 Å². The fraction of sp³-hybridized carbons (Fsp3) is 0.391. The van der Waals surface area contributed by atoms with E-state index in [0.29, 0.717) is 0 Å². The third-order valence-electron chi connectivity index (χ3n) is 5.34. The highest BCUT2D eigenvalue weighted by atomic mass is 19.4. The van der Waals surface area contributed by atoms with Gasteiger partial charge in [-0.1, -0.05) is 48.5 Å². The van der Waals surface area contributed by atoms with Gasteiger partial charge in [0.25, 0.3) is 0 Å². The van der Waals surface area contributed by atoms with E-state index in [-0.39, 0.29) is 5.56 Å². The van der Waals surface area contributed by atoms with Crippen LogP contribution in [0.25, 0.3) is 0 Å². The summed E-state index contributed by atoms with van der Waals surface area (Å²) in [5.41, 5.74) is -0.686. The number of rotatable bonds is 11. The summed E-state index contributed by atoms with van der Waals surface area (Å²) in [5.74, 6) is -51.6. The molecule has 0 aliphatic carbocycles. The fourth-order valence-electron chi connectivity index (χ4n) is 2.96. The Kier molecular flexibility index (Phi) is 9.21. The number of carbonyl (C=O) groups is 2. The predicted molar refractivity (Wildman–Crippen MR) is 108 cm³/mol. The highest BCUT2D eigenvalue weighted by Gasteiger charge is 2.93. The fourth-order valence-corrected chi connectivity index (χ4v) is 2.96. The second-order valence-electron chi connectivity index (χ2n) is 8.24. The lowest BCUT2D eigenvalue weighted by Gasteiger charge is -2.41. The van der Waals surface area contributed by atoms with E-state index in [0.717, 1.165) is 36.4 Å². The molecule has 2 aromatic carbocycles. The molecular weight excluding hydrogens is 625 g/mol. The summed E-state index contributed by atoms with van der Waals surface area (Å²) in [6.07, 6.45) is -10.1. The molecule has 1 unspecified atom stereocenters. The van der Waals surface area contributed by atoms with Gasteiger partial charge in [-0.05, 0) is 12.1 Å². The molecule has 0 bridgehead atoms. The van der Waals surface area contributed by atoms with Gasteiger partial charge in [0.2, 0.25) is 6.10 Å². The van der Waals surface area contributed by atoms with Crippen LogP contribution in [0.4, 0.5) is 65.9 Å². The minimum absolute atomic E-state index is 0.276. The zero-order valence-electron chi connectivity index (χ0n) is 19.9. The van der Waals surface area contributed by atoms with Crippen LogP contribution in [0.1, 0.15) is 22.0 Å². The molecule has 19 heteroatoms. The van der Waals surface area contributed by atoms with Crippen LogP contribution in [-0.4, -0.2) is 60.3 Å². The molecule has 0 aliphatic rings. The van der Waals surface area contributed by atoms with Crippen molar-refractivity contribution in [2.45, 2.75) is 47.8 Å². The SMILES string of the molecule is O=C(OC(C(=O)OCC(F)(F)C(F)(F)C(F)(F)C(F)(F)C(F)(F)C(F)(F)C(F)(F)F)c1ccccc1)c1ccccc1. The number of esters is 2. The number of alkyl halides is 15. The average molecular weight is 638 g/mol. The number of hydrogen-bond acceptors (Lipinski definition) is 4. The Morgan fingerprint density at radius 3 is 1.43 bits per heavy atom. The third kappa shape index (κ3) is 5.81. The minimum Gasteiger partial charge on any atom is -0.456 e. The summed E-state index contributed by atoms with van der Waals surface area (Å²) in [6, 6.07) is 11.8. The maximum Gasteiger partial charge on any atom is 0.460 e. The normalized spacial score (nSPS) is 14.7. The quantitative estimate of drug-likeness (QED) is 0.189. The van der Waals surface area contributed by atoms with Crippen LogP contribution in [0.3, 0.4) is 0 Å². The van der Waals surface area contributed by atoms with E-state index in [1.165, 1.54) is 24.3 Å². The lowest BCUT2D eigenvalue weighted by Crippen LogP contribution is -2.73. The second kappa shape index (κ2) is 11.2. The molecule has 0 aromatic heterocycles. The minimum atomic E-state index is -8.48. The Hall–Kier alpha value is -3.67. The zero-order chi connectivity index (χ0) is 32.6. The van der Waals surface area contributed by atoms with E-state index in [1.807, 2.05) is 0 Å². The van der Waals surface area contributed by atoms with Gasteiger partial charge in [-0.3, -0.25) is 0 Å². The molecule has 42 heavy (non-hydrogen) atoms. The summed E-state index contributed by atoms with van der Waals surface area (Å²) in [5, 5.41) is 0. The Balaban J connectivity index is 2.38. The van der Waals surface area contributed by atoms with Crippen molar-refractivity contribution in [3.63, 3.8) is 0 Å². The van der Waals surface area contributed by atoms with Gasteiger partial charge in [0, 0.05) is 5.56 Å². The van der Waals surface area contributed by atoms with Crippen LogP contribution in [0.5, 0.6) is 0 Å². The highest BCUT2D eigenvalue weighted by Crippen LogP contribution is 2.62. The molecule has 234 valence electrons. The van der Waals surface area contributed by atoms with E-state index in [1.54, 1.807) is 0 Å². The van der Waals surface area contributed by atoms with E-state index >= 15 is 0 Å². The van der Waals surface area contributed by atoms with Crippen LogP contribution in [0.2, 0.25) is 0 Å². The standard InChI is InChI=1S/C23H13F15O4/c24-17(25,18(26,27)19(28,29)20(30,31)21(32,33)22(34,35)23(36,37)38)11-41-16(40)14(12-7-3-1-4-8-12)42-15(39)13-9-5-2-6-10-13/h1-10,14H,11H2. The van der Waals surface area contributed by atoms with Crippen molar-refractivity contribution in [3.8, 4) is 0 Å². The lowest BCUT2D eigenvalue weighted by molar-refractivity contribution is -0.453. The first-order valence-electron chi connectivity index (χ1n) is 10.7. The summed E-state index contributed by atoms with van der Waals surface area (Å²) in [6.45, 7) is -3.36. The van der Waals surface area contributed by atoms with Gasteiger partial charge in [-0.2, -0.15) is 65.9 Å². The molecule has 0 spiro atoms. The molecule has 0 fully saturated rings. The molecule has 0 aliphatic heterocycles. The average Bonchev–Trinajstić information content (AvgIpc) is 2.90. The number of carbonyl (C=O) groups excluding carboxylic acids is 2. The monoisotopic (exact) mass is 638 g/mol. The van der Waals surface area contributed by atoms with Crippen molar-refractivity contribution >= 4 is 11.9 Å². The molecular formula is C23H13F15O4. The molecule has 0 radical (unpaired) electrons. The first-order chi connectivity index (χ1) is 18.9. The molecule has 2 rings (SSSR count). The van der Waals surface area contributed by atoms with Crippen molar-refractivity contribution in [1.82, 2.24) is 0 Å². The zero-order valence-corrected chi connectivity index (χ0v) is 19.9. The number of hydrogen-bond donors (Lipinski definition) is 0. The van der Waals surface area contributed by atoms with Crippen molar-refractivity contribution in [1.29, 1.82) is 0 Å². The van der Waals surface area contributed by atoms with Crippen LogP contribution >= 0.6 is 0 Å². The van der Waals surface area contributed by atoms with Crippen molar-refractivity contribution in [2.24, 2.45) is 0 Å². The van der Waals surface area contributed by atoms with Crippen LogP contribution in [0.15, 0.2) is 60.7 Å². The summed E-state index contributed by atoms with van der Waals surface area (Å²) < 4.78 is 209. The summed E-state index contributed by atoms with van der Waals surface area (Å²) in [7, 11) is 0. The molecule has 1 atom stereocenters. The molecule has 4 nitrogen and oxygen atoms in total. The molecule has 0 saturated carbocycles. The van der Waals surface area contributed by atoms with Gasteiger partial charge < -0.3 is 9.47 Å². The highest BCUT2D eigenvalue weighted by molar-refractivity contribution is 5.91. The largest absolute Gasteiger partial charge is 0.460 e. The molecule has 2 aromatic rings. The molecule has 0 amide bonds. The predicted octanol–water partition coefficient (Wildman–Crippen LogP) is 7.50. The molecule has 0 saturated heterocycles. The van der Waals surface area contributed by atoms with Gasteiger partial charge >= 0.3 is 53.7 Å². The number of benzene rings is 2. The topological polar surface area (TPSA) is 52.6 Å². The van der Waals surface area contributed by atoms with Gasteiger partial charge in [0.15, 0.2) is 6.61 Å². The summed E-state index contributed by atoms with van der Waals surface area (Å²) in [4.78, 5) is 24.7. The first-order valence-corrected chi connectivity index (χ1v) is 10.7. The Morgan fingerprint density at radius 1 is 0.571 bits per heavy atom. The van der Waals surface area contributed by atoms with E-state index in [4.69, 9.17) is 4.74 Å². The van der Waals surface area contributed by atoms with Gasteiger partial charge in [0.1, 0.15) is 0 Å². The Morgan fingerprint density at radius 2 is 0.976 bits per heavy atom. The van der Waals surface area contributed by atoms with E-state index in [9.17, 15) is 75.4 Å². The van der Waals surface area contributed by atoms with Crippen molar-refractivity contribution in [3.05, 3.63) is 71.8 Å². The van der Waals surface area contributed by atoms with Gasteiger partial charge in [-0.15, -0.1) is 0 Å². The maximum absolute atomic E-state index is 14.1. The Labute approximate surface area is 224 Å². The molecule has 0 heterocycles. The summed E-state index contributed by atoms with van der Waals surface area (Å²) >= 11 is 0. The maximum atomic E-state index is 14.1. The van der Waals surface area contributed by atoms with Crippen molar-refractivity contribution in [2.75, 3.05) is 6.61 Å². The second-order valence-corrected chi connectivity index (χ2v) is 8.24.